The second-order valence-electron chi connectivity index (χ2n) is 7.76. The van der Waals surface area contributed by atoms with E-state index in [0.29, 0.717) is 12.2 Å². The molecule has 0 saturated carbocycles. The summed E-state index contributed by atoms with van der Waals surface area (Å²) in [5.41, 5.74) is 0. The molecule has 1 heterocycles. The van der Waals surface area contributed by atoms with Gasteiger partial charge >= 0.3 is 5.97 Å². The molecule has 0 aliphatic carbocycles. The number of nitrogens with one attached hydrogen (secondary N) is 4. The van der Waals surface area contributed by atoms with E-state index in [9.17, 15) is 24.3 Å². The van der Waals surface area contributed by atoms with Gasteiger partial charge in [-0.05, 0) is 50.2 Å². The molecule has 9 nitrogen and oxygen atoms in total. The Bertz CT molecular complexity index is 599. The molecule has 3 amide bonds. The topological polar surface area (TPSA) is 137 Å². The maximum atomic E-state index is 12.8. The number of aliphatic carboxylic acids is 1. The Morgan fingerprint density at radius 1 is 1.10 bits per heavy atom. The fourth-order valence-corrected chi connectivity index (χ4v) is 3.85. The number of carbonyl (C=O) groups is 4. The van der Waals surface area contributed by atoms with E-state index < -0.39 is 35.9 Å². The van der Waals surface area contributed by atoms with Crippen LogP contribution in [0.5, 0.6) is 0 Å². The highest BCUT2D eigenvalue weighted by Crippen LogP contribution is 2.08. The minimum atomic E-state index is -1.13. The molecule has 0 spiro atoms. The Hall–Kier alpha value is -1.46. The molecule has 4 unspecified atom stereocenters. The lowest BCUT2D eigenvalue weighted by Gasteiger charge is -2.24. The first-order valence-electron chi connectivity index (χ1n) is 10.2. The molecule has 1 aliphatic heterocycles. The molecule has 0 aromatic rings. The van der Waals surface area contributed by atoms with Crippen molar-refractivity contribution in [3.05, 3.63) is 0 Å². The van der Waals surface area contributed by atoms with Gasteiger partial charge in [-0.1, -0.05) is 13.8 Å². The molecule has 1 fully saturated rings. The summed E-state index contributed by atoms with van der Waals surface area (Å²) >= 11 is 5.68. The monoisotopic (exact) mass is 462 g/mol. The van der Waals surface area contributed by atoms with Gasteiger partial charge < -0.3 is 26.4 Å². The van der Waals surface area contributed by atoms with Crippen LogP contribution in [-0.2, 0) is 19.2 Å². The predicted octanol–water partition coefficient (Wildman–Crippen LogP) is 0.00640. The minimum absolute atomic E-state index is 0.00103. The molecule has 4 atom stereocenters. The summed E-state index contributed by atoms with van der Waals surface area (Å²) in [6.45, 7) is 4.49. The number of thiol groups is 1. The summed E-state index contributed by atoms with van der Waals surface area (Å²) in [7, 11) is 0. The standard InChI is InChI=1S/C19H34N4O5S2/c1-11(2)9-14(19(27)28)22-18(26)15(10-29)23-17(25)13(6-8-30-3)21-16(24)12-5-4-7-20-12/h11-15,20,29H,4-10H2,1-3H3,(H,21,24)(H,22,26)(H,23,25)(H,27,28). The molecule has 1 aliphatic rings. The number of carboxylic acids is 1. The largest absolute Gasteiger partial charge is 0.480 e. The summed E-state index contributed by atoms with van der Waals surface area (Å²) in [6.07, 6.45) is 4.21. The van der Waals surface area contributed by atoms with Crippen LogP contribution in [0.25, 0.3) is 0 Å². The molecule has 0 aromatic heterocycles. The van der Waals surface area contributed by atoms with Crippen molar-refractivity contribution in [3.8, 4) is 0 Å². The van der Waals surface area contributed by atoms with E-state index in [4.69, 9.17) is 0 Å². The summed E-state index contributed by atoms with van der Waals surface area (Å²) in [4.78, 5) is 49.1. The third-order valence-corrected chi connectivity index (χ3v) is 5.77. The van der Waals surface area contributed by atoms with Crippen molar-refractivity contribution in [2.24, 2.45) is 5.92 Å². The zero-order valence-electron chi connectivity index (χ0n) is 17.8. The van der Waals surface area contributed by atoms with E-state index in [0.717, 1.165) is 19.4 Å². The van der Waals surface area contributed by atoms with Crippen LogP contribution >= 0.6 is 24.4 Å². The Labute approximate surface area is 187 Å². The minimum Gasteiger partial charge on any atom is -0.480 e. The first-order valence-corrected chi connectivity index (χ1v) is 12.2. The molecule has 11 heteroatoms. The van der Waals surface area contributed by atoms with Gasteiger partial charge in [-0.2, -0.15) is 24.4 Å². The van der Waals surface area contributed by atoms with Gasteiger partial charge in [0.25, 0.3) is 0 Å². The van der Waals surface area contributed by atoms with Gasteiger partial charge in [-0.25, -0.2) is 4.79 Å². The maximum absolute atomic E-state index is 12.8. The number of amides is 3. The molecule has 5 N–H and O–H groups in total. The van der Waals surface area contributed by atoms with Crippen molar-refractivity contribution in [2.45, 2.75) is 63.7 Å². The lowest BCUT2D eigenvalue weighted by atomic mass is 10.0. The summed E-state index contributed by atoms with van der Waals surface area (Å²) in [5.74, 6) is -1.73. The molecule has 0 radical (unpaired) electrons. The summed E-state index contributed by atoms with van der Waals surface area (Å²) in [5, 5.41) is 20.3. The fourth-order valence-electron chi connectivity index (χ4n) is 3.12. The van der Waals surface area contributed by atoms with Gasteiger partial charge in [-0.3, -0.25) is 14.4 Å². The van der Waals surface area contributed by atoms with Crippen LogP contribution < -0.4 is 21.3 Å². The van der Waals surface area contributed by atoms with E-state index in [1.807, 2.05) is 20.1 Å². The van der Waals surface area contributed by atoms with Crippen molar-refractivity contribution in [3.63, 3.8) is 0 Å². The second-order valence-corrected chi connectivity index (χ2v) is 9.12. The SMILES string of the molecule is CSCCC(NC(=O)C1CCCN1)C(=O)NC(CS)C(=O)NC(CC(C)C)C(=O)O. The van der Waals surface area contributed by atoms with Crippen LogP contribution in [0.4, 0.5) is 0 Å². The lowest BCUT2D eigenvalue weighted by molar-refractivity contribution is -0.142. The Kier molecular flexibility index (Phi) is 12.2. The highest BCUT2D eigenvalue weighted by molar-refractivity contribution is 7.98. The number of rotatable bonds is 13. The fraction of sp³-hybridized carbons (Fsp3) is 0.789. The third-order valence-electron chi connectivity index (χ3n) is 4.76. The van der Waals surface area contributed by atoms with E-state index in [1.165, 1.54) is 0 Å². The second kappa shape index (κ2) is 13.8. The number of hydrogen-bond donors (Lipinski definition) is 6. The molecular formula is C19H34N4O5S2. The zero-order valence-corrected chi connectivity index (χ0v) is 19.5. The van der Waals surface area contributed by atoms with Crippen LogP contribution in [0, 0.1) is 5.92 Å². The van der Waals surface area contributed by atoms with E-state index in [-0.39, 0.29) is 30.0 Å². The average Bonchev–Trinajstić information content (AvgIpc) is 3.22. The molecule has 1 saturated heterocycles. The van der Waals surface area contributed by atoms with Gasteiger partial charge in [0.1, 0.15) is 18.1 Å². The van der Waals surface area contributed by atoms with Crippen molar-refractivity contribution in [2.75, 3.05) is 24.3 Å². The number of carbonyl (C=O) groups excluding carboxylic acids is 3. The summed E-state index contributed by atoms with van der Waals surface area (Å²) < 4.78 is 0. The average molecular weight is 463 g/mol. The van der Waals surface area contributed by atoms with Crippen molar-refractivity contribution in [1.29, 1.82) is 0 Å². The highest BCUT2D eigenvalue weighted by atomic mass is 32.2. The molecule has 1 rings (SSSR count). The van der Waals surface area contributed by atoms with Gasteiger partial charge in [0.2, 0.25) is 17.7 Å². The summed E-state index contributed by atoms with van der Waals surface area (Å²) in [6, 6.07) is -3.15. The van der Waals surface area contributed by atoms with Gasteiger partial charge in [-0.15, -0.1) is 0 Å². The Morgan fingerprint density at radius 3 is 2.23 bits per heavy atom. The molecule has 0 aromatic carbocycles. The number of thioether (sulfide) groups is 1. The van der Waals surface area contributed by atoms with Gasteiger partial charge in [0.05, 0.1) is 6.04 Å². The smallest absolute Gasteiger partial charge is 0.326 e. The van der Waals surface area contributed by atoms with Crippen molar-refractivity contribution in [1.82, 2.24) is 21.3 Å². The van der Waals surface area contributed by atoms with Crippen LogP contribution in [0.2, 0.25) is 0 Å². The van der Waals surface area contributed by atoms with E-state index >= 15 is 0 Å². The first kappa shape index (κ1) is 26.6. The molecule has 0 bridgehead atoms. The van der Waals surface area contributed by atoms with E-state index in [2.05, 4.69) is 33.9 Å². The lowest BCUT2D eigenvalue weighted by Crippen LogP contribution is -2.57. The van der Waals surface area contributed by atoms with Crippen LogP contribution in [0.3, 0.4) is 0 Å². The predicted molar refractivity (Wildman–Crippen MR) is 121 cm³/mol. The van der Waals surface area contributed by atoms with Crippen LogP contribution in [0.15, 0.2) is 0 Å². The number of carboxylic acid groups (broad SMARTS) is 1. The van der Waals surface area contributed by atoms with Gasteiger partial charge in [0, 0.05) is 5.75 Å². The molecular weight excluding hydrogens is 428 g/mol. The molecule has 30 heavy (non-hydrogen) atoms. The zero-order chi connectivity index (χ0) is 22.7. The normalized spacial score (nSPS) is 19.0. The van der Waals surface area contributed by atoms with Crippen molar-refractivity contribution < 1.29 is 24.3 Å². The van der Waals surface area contributed by atoms with Crippen molar-refractivity contribution >= 4 is 48.1 Å². The Balaban J connectivity index is 2.75. The maximum Gasteiger partial charge on any atom is 0.326 e. The highest BCUT2D eigenvalue weighted by Gasteiger charge is 2.31. The van der Waals surface area contributed by atoms with E-state index in [1.54, 1.807) is 11.8 Å². The Morgan fingerprint density at radius 2 is 1.73 bits per heavy atom. The van der Waals surface area contributed by atoms with Crippen LogP contribution in [0.1, 0.15) is 39.5 Å². The third kappa shape index (κ3) is 9.13. The van der Waals surface area contributed by atoms with Crippen LogP contribution in [-0.4, -0.2) is 77.3 Å². The number of hydrogen-bond acceptors (Lipinski definition) is 7. The molecule has 172 valence electrons. The van der Waals surface area contributed by atoms with Gasteiger partial charge in [0.15, 0.2) is 0 Å². The quantitative estimate of drug-likeness (QED) is 0.212. The first-order chi connectivity index (χ1) is 14.2.